The van der Waals surface area contributed by atoms with Gasteiger partial charge in [-0.1, -0.05) is 53.6 Å². The zero-order chi connectivity index (χ0) is 18.5. The van der Waals surface area contributed by atoms with Gasteiger partial charge in [0.15, 0.2) is 6.10 Å². The van der Waals surface area contributed by atoms with E-state index in [0.29, 0.717) is 23.1 Å². The van der Waals surface area contributed by atoms with Crippen LogP contribution in [0.15, 0.2) is 60.8 Å². The fourth-order valence-corrected chi connectivity index (χ4v) is 2.62. The molecule has 0 spiro atoms. The number of aryl methyl sites for hydroxylation is 1. The van der Waals surface area contributed by atoms with Crippen LogP contribution in [0.2, 0.25) is 5.02 Å². The lowest BCUT2D eigenvalue weighted by Crippen LogP contribution is -2.31. The molecular formula is C20H20ClN3O2. The number of hydrogen-bond acceptors (Lipinski definition) is 3. The van der Waals surface area contributed by atoms with Crippen molar-refractivity contribution in [3.63, 3.8) is 0 Å². The molecular weight excluding hydrogens is 350 g/mol. The summed E-state index contributed by atoms with van der Waals surface area (Å²) in [4.78, 5) is 12.5. The van der Waals surface area contributed by atoms with Gasteiger partial charge < -0.3 is 10.1 Å². The monoisotopic (exact) mass is 369 g/mol. The second kappa shape index (κ2) is 8.06. The highest BCUT2D eigenvalue weighted by Crippen LogP contribution is 2.24. The van der Waals surface area contributed by atoms with Gasteiger partial charge in [0, 0.05) is 6.07 Å². The maximum Gasteiger partial charge on any atom is 0.266 e. The van der Waals surface area contributed by atoms with Crippen LogP contribution in [0.1, 0.15) is 18.1 Å². The average molecular weight is 370 g/mol. The number of halogens is 1. The van der Waals surface area contributed by atoms with Crippen molar-refractivity contribution in [2.45, 2.75) is 26.5 Å². The Kier molecular flexibility index (Phi) is 5.58. The van der Waals surface area contributed by atoms with Crippen molar-refractivity contribution in [1.29, 1.82) is 0 Å². The standard InChI is InChI=1S/C20H20ClN3O2/c1-14-7-9-16(10-8-14)13-24-19(11-12-22-24)23-20(25)15(2)26-18-6-4-3-5-17(18)21/h3-12,15H,13H2,1-2H3,(H,23,25). The highest BCUT2D eigenvalue weighted by atomic mass is 35.5. The molecule has 0 bridgehead atoms. The minimum Gasteiger partial charge on any atom is -0.479 e. The fourth-order valence-electron chi connectivity index (χ4n) is 2.44. The number of amides is 1. The van der Waals surface area contributed by atoms with Gasteiger partial charge in [-0.3, -0.25) is 4.79 Å². The van der Waals surface area contributed by atoms with Crippen LogP contribution in [0.3, 0.4) is 0 Å². The summed E-state index contributed by atoms with van der Waals surface area (Å²) in [6, 6.07) is 17.0. The first kappa shape index (κ1) is 18.0. The van der Waals surface area contributed by atoms with Gasteiger partial charge in [-0.2, -0.15) is 5.10 Å². The largest absolute Gasteiger partial charge is 0.479 e. The second-order valence-corrected chi connectivity index (χ2v) is 6.45. The number of hydrogen-bond donors (Lipinski definition) is 1. The third kappa shape index (κ3) is 4.43. The van der Waals surface area contributed by atoms with E-state index in [0.717, 1.165) is 5.56 Å². The van der Waals surface area contributed by atoms with Gasteiger partial charge in [-0.25, -0.2) is 4.68 Å². The lowest BCUT2D eigenvalue weighted by molar-refractivity contribution is -0.122. The highest BCUT2D eigenvalue weighted by molar-refractivity contribution is 6.32. The number of ether oxygens (including phenoxy) is 1. The number of nitrogens with zero attached hydrogens (tertiary/aromatic N) is 2. The second-order valence-electron chi connectivity index (χ2n) is 6.04. The normalized spacial score (nSPS) is 11.8. The smallest absolute Gasteiger partial charge is 0.266 e. The molecule has 1 heterocycles. The first-order chi connectivity index (χ1) is 12.5. The Balaban J connectivity index is 1.65. The molecule has 1 N–H and O–H groups in total. The summed E-state index contributed by atoms with van der Waals surface area (Å²) in [7, 11) is 0. The maximum atomic E-state index is 12.5. The van der Waals surface area contributed by atoms with Crippen molar-refractivity contribution < 1.29 is 9.53 Å². The molecule has 0 saturated carbocycles. The van der Waals surface area contributed by atoms with Crippen molar-refractivity contribution in [3.8, 4) is 5.75 Å². The molecule has 1 amide bonds. The molecule has 0 fully saturated rings. The zero-order valence-electron chi connectivity index (χ0n) is 14.6. The molecule has 0 aliphatic heterocycles. The molecule has 3 rings (SSSR count). The lowest BCUT2D eigenvalue weighted by Gasteiger charge is -2.16. The maximum absolute atomic E-state index is 12.5. The minimum atomic E-state index is -0.697. The number of carbonyl (C=O) groups is 1. The Morgan fingerprint density at radius 2 is 1.92 bits per heavy atom. The van der Waals surface area contributed by atoms with Gasteiger partial charge in [0.25, 0.3) is 5.91 Å². The molecule has 26 heavy (non-hydrogen) atoms. The van der Waals surface area contributed by atoms with Gasteiger partial charge in [0.2, 0.25) is 0 Å². The van der Waals surface area contributed by atoms with Crippen LogP contribution >= 0.6 is 11.6 Å². The van der Waals surface area contributed by atoms with Gasteiger partial charge in [0.05, 0.1) is 17.8 Å². The van der Waals surface area contributed by atoms with Crippen molar-refractivity contribution in [1.82, 2.24) is 9.78 Å². The van der Waals surface area contributed by atoms with Crippen LogP contribution in [0.4, 0.5) is 5.82 Å². The average Bonchev–Trinajstić information content (AvgIpc) is 3.05. The van der Waals surface area contributed by atoms with E-state index in [9.17, 15) is 4.79 Å². The Bertz CT molecular complexity index is 890. The van der Waals surface area contributed by atoms with Crippen molar-refractivity contribution in [2.24, 2.45) is 0 Å². The Hall–Kier alpha value is -2.79. The molecule has 134 valence electrons. The van der Waals surface area contributed by atoms with Crippen LogP contribution in [0, 0.1) is 6.92 Å². The van der Waals surface area contributed by atoms with Crippen LogP contribution in [-0.4, -0.2) is 21.8 Å². The number of aromatic nitrogens is 2. The van der Waals surface area contributed by atoms with Crippen molar-refractivity contribution in [2.75, 3.05) is 5.32 Å². The van der Waals surface area contributed by atoms with E-state index in [-0.39, 0.29) is 5.91 Å². The molecule has 2 aromatic carbocycles. The Labute approximate surface area is 157 Å². The minimum absolute atomic E-state index is 0.268. The van der Waals surface area contributed by atoms with Crippen LogP contribution < -0.4 is 10.1 Å². The van der Waals surface area contributed by atoms with Crippen molar-refractivity contribution >= 4 is 23.3 Å². The topological polar surface area (TPSA) is 56.2 Å². The van der Waals surface area contributed by atoms with E-state index in [1.165, 1.54) is 5.56 Å². The Morgan fingerprint density at radius 3 is 2.65 bits per heavy atom. The number of benzene rings is 2. The lowest BCUT2D eigenvalue weighted by atomic mass is 10.1. The van der Waals surface area contributed by atoms with E-state index < -0.39 is 6.10 Å². The molecule has 0 saturated heterocycles. The molecule has 0 radical (unpaired) electrons. The SMILES string of the molecule is Cc1ccc(Cn2nccc2NC(=O)C(C)Oc2ccccc2Cl)cc1. The molecule has 6 heteroatoms. The fraction of sp³-hybridized carbons (Fsp3) is 0.200. The quantitative estimate of drug-likeness (QED) is 0.704. The van der Waals surface area contributed by atoms with Crippen LogP contribution in [0.5, 0.6) is 5.75 Å². The van der Waals surface area contributed by atoms with Crippen LogP contribution in [0.25, 0.3) is 0 Å². The summed E-state index contributed by atoms with van der Waals surface area (Å²) in [6.45, 7) is 4.30. The van der Waals surface area contributed by atoms with E-state index in [1.807, 2.05) is 31.2 Å². The third-order valence-electron chi connectivity index (χ3n) is 3.93. The predicted octanol–water partition coefficient (Wildman–Crippen LogP) is 4.30. The summed E-state index contributed by atoms with van der Waals surface area (Å²) in [5.74, 6) is 0.825. The highest BCUT2D eigenvalue weighted by Gasteiger charge is 2.17. The number of carbonyl (C=O) groups excluding carboxylic acids is 1. The molecule has 5 nitrogen and oxygen atoms in total. The predicted molar refractivity (Wildman–Crippen MR) is 103 cm³/mol. The number of nitrogens with one attached hydrogen (secondary N) is 1. The molecule has 1 unspecified atom stereocenters. The van der Waals surface area contributed by atoms with Crippen molar-refractivity contribution in [3.05, 3.63) is 76.9 Å². The summed E-state index contributed by atoms with van der Waals surface area (Å²) >= 11 is 6.07. The number of anilines is 1. The van der Waals surface area contributed by atoms with E-state index >= 15 is 0 Å². The summed E-state index contributed by atoms with van der Waals surface area (Å²) < 4.78 is 7.39. The first-order valence-electron chi connectivity index (χ1n) is 8.32. The molecule has 1 atom stereocenters. The van der Waals surface area contributed by atoms with E-state index in [4.69, 9.17) is 16.3 Å². The summed E-state index contributed by atoms with van der Waals surface area (Å²) in [5, 5.41) is 7.61. The van der Waals surface area contributed by atoms with E-state index in [2.05, 4.69) is 22.5 Å². The molecule has 3 aromatic rings. The molecule has 0 aliphatic carbocycles. The zero-order valence-corrected chi connectivity index (χ0v) is 15.4. The van der Waals surface area contributed by atoms with Gasteiger partial charge in [-0.15, -0.1) is 0 Å². The van der Waals surface area contributed by atoms with Gasteiger partial charge in [-0.05, 0) is 31.5 Å². The molecule has 1 aromatic heterocycles. The van der Waals surface area contributed by atoms with Gasteiger partial charge in [0.1, 0.15) is 11.6 Å². The van der Waals surface area contributed by atoms with Crippen LogP contribution in [-0.2, 0) is 11.3 Å². The first-order valence-corrected chi connectivity index (χ1v) is 8.70. The third-order valence-corrected chi connectivity index (χ3v) is 4.24. The molecule has 0 aliphatic rings. The van der Waals surface area contributed by atoms with E-state index in [1.54, 1.807) is 36.0 Å². The number of para-hydroxylation sites is 1. The summed E-state index contributed by atoms with van der Waals surface area (Å²) in [5.41, 5.74) is 2.31. The van der Waals surface area contributed by atoms with Gasteiger partial charge >= 0.3 is 0 Å². The number of rotatable bonds is 6. The summed E-state index contributed by atoms with van der Waals surface area (Å²) in [6.07, 6.45) is 0.959. The Morgan fingerprint density at radius 1 is 1.19 bits per heavy atom.